The van der Waals surface area contributed by atoms with Crippen LogP contribution < -0.4 is 10.6 Å². The van der Waals surface area contributed by atoms with E-state index in [9.17, 15) is 19.2 Å². The van der Waals surface area contributed by atoms with Crippen LogP contribution in [0.4, 0.5) is 9.80 Å². The highest BCUT2D eigenvalue weighted by Gasteiger charge is 2.20. The molecule has 158 valence electrons. The summed E-state index contributed by atoms with van der Waals surface area (Å²) < 4.78 is 4.69. The van der Waals surface area contributed by atoms with Gasteiger partial charge in [-0.25, -0.2) is 4.79 Å². The Morgan fingerprint density at radius 2 is 1.67 bits per heavy atom. The molecule has 3 rings (SSSR count). The number of anilines is 1. The first-order valence-electron chi connectivity index (χ1n) is 9.33. The molecule has 0 spiro atoms. The fraction of sp³-hybridized carbons (Fsp3) is 0.300. The first-order chi connectivity index (χ1) is 14.5. The molecular formula is C20H21N3O5S2. The number of carbonyl (C=O) groups excluding carboxylic acids is 4. The van der Waals surface area contributed by atoms with E-state index < -0.39 is 17.9 Å². The lowest BCUT2D eigenvalue weighted by molar-refractivity contribution is 0.0771. The zero-order valence-corrected chi connectivity index (χ0v) is 17.9. The van der Waals surface area contributed by atoms with Gasteiger partial charge < -0.3 is 15.0 Å². The predicted molar refractivity (Wildman–Crippen MR) is 116 cm³/mol. The number of nitrogens with zero attached hydrogens (tertiary/aromatic N) is 1. The Balaban J connectivity index is 1.64. The highest BCUT2D eigenvalue weighted by molar-refractivity contribution is 7.99. The molecule has 2 aromatic rings. The minimum Gasteiger partial charge on any atom is -0.450 e. The van der Waals surface area contributed by atoms with E-state index in [2.05, 4.69) is 15.4 Å². The third-order valence-electron chi connectivity index (χ3n) is 4.32. The Labute approximate surface area is 182 Å². The van der Waals surface area contributed by atoms with Crippen molar-refractivity contribution in [2.45, 2.75) is 6.92 Å². The first kappa shape index (κ1) is 21.8. The number of nitrogens with one attached hydrogen (secondary N) is 2. The topological polar surface area (TPSA) is 105 Å². The van der Waals surface area contributed by atoms with E-state index in [-0.39, 0.29) is 18.1 Å². The first-order valence-corrected chi connectivity index (χ1v) is 11.4. The molecular weight excluding hydrogens is 426 g/mol. The summed E-state index contributed by atoms with van der Waals surface area (Å²) in [7, 11) is 0. The van der Waals surface area contributed by atoms with Crippen molar-refractivity contribution in [3.63, 3.8) is 0 Å². The highest BCUT2D eigenvalue weighted by atomic mass is 32.2. The molecule has 30 heavy (non-hydrogen) atoms. The molecule has 2 N–H and O–H groups in total. The second-order valence-corrected chi connectivity index (χ2v) is 8.41. The van der Waals surface area contributed by atoms with Crippen molar-refractivity contribution in [3.05, 3.63) is 52.4 Å². The van der Waals surface area contributed by atoms with Gasteiger partial charge in [-0.15, -0.1) is 11.3 Å². The van der Waals surface area contributed by atoms with Crippen LogP contribution in [-0.2, 0) is 4.74 Å². The van der Waals surface area contributed by atoms with Crippen LogP contribution in [0, 0.1) is 0 Å². The number of thiophene rings is 1. The quantitative estimate of drug-likeness (QED) is 0.730. The number of carbonyl (C=O) groups is 4. The van der Waals surface area contributed by atoms with Crippen molar-refractivity contribution in [1.29, 1.82) is 0 Å². The van der Waals surface area contributed by atoms with Gasteiger partial charge in [-0.3, -0.25) is 19.7 Å². The number of amides is 4. The summed E-state index contributed by atoms with van der Waals surface area (Å²) in [6, 6.07) is 7.91. The number of rotatable bonds is 5. The molecule has 1 fully saturated rings. The highest BCUT2D eigenvalue weighted by Crippen LogP contribution is 2.24. The number of ether oxygens (including phenoxy) is 1. The van der Waals surface area contributed by atoms with Gasteiger partial charge >= 0.3 is 6.09 Å². The van der Waals surface area contributed by atoms with Crippen LogP contribution in [0.3, 0.4) is 0 Å². The molecule has 2 heterocycles. The third-order valence-corrected chi connectivity index (χ3v) is 6.09. The lowest BCUT2D eigenvalue weighted by Gasteiger charge is -2.26. The molecule has 1 aliphatic heterocycles. The maximum absolute atomic E-state index is 12.6. The molecule has 1 aromatic carbocycles. The molecule has 0 atom stereocenters. The summed E-state index contributed by atoms with van der Waals surface area (Å²) >= 11 is 2.99. The number of thioether (sulfide) groups is 1. The van der Waals surface area contributed by atoms with Crippen LogP contribution in [0.15, 0.2) is 35.7 Å². The second-order valence-electron chi connectivity index (χ2n) is 6.27. The van der Waals surface area contributed by atoms with Crippen LogP contribution in [0.5, 0.6) is 0 Å². The van der Waals surface area contributed by atoms with Gasteiger partial charge in [-0.1, -0.05) is 0 Å². The average molecular weight is 448 g/mol. The lowest BCUT2D eigenvalue weighted by atomic mass is 10.1. The summed E-state index contributed by atoms with van der Waals surface area (Å²) in [6.45, 7) is 3.22. The summed E-state index contributed by atoms with van der Waals surface area (Å²) in [4.78, 5) is 50.5. The fourth-order valence-corrected chi connectivity index (χ4v) is 4.48. The van der Waals surface area contributed by atoms with E-state index in [1.165, 1.54) is 6.07 Å². The van der Waals surface area contributed by atoms with Gasteiger partial charge in [0.15, 0.2) is 0 Å². The molecule has 10 heteroatoms. The third kappa shape index (κ3) is 5.39. The van der Waals surface area contributed by atoms with E-state index in [4.69, 9.17) is 0 Å². The van der Waals surface area contributed by atoms with Crippen molar-refractivity contribution >= 4 is 51.9 Å². The molecule has 0 aliphatic carbocycles. The monoisotopic (exact) mass is 447 g/mol. The summed E-state index contributed by atoms with van der Waals surface area (Å²) in [6.07, 6.45) is -0.849. The Morgan fingerprint density at radius 1 is 1.00 bits per heavy atom. The van der Waals surface area contributed by atoms with E-state index in [1.807, 2.05) is 16.7 Å². The maximum Gasteiger partial charge on any atom is 0.414 e. The Bertz CT molecular complexity index is 936. The summed E-state index contributed by atoms with van der Waals surface area (Å²) in [5.41, 5.74) is 1.05. The van der Waals surface area contributed by atoms with Gasteiger partial charge in [-0.2, -0.15) is 11.8 Å². The predicted octanol–water partition coefficient (Wildman–Crippen LogP) is 3.08. The maximum atomic E-state index is 12.6. The van der Waals surface area contributed by atoms with Crippen LogP contribution in [0.1, 0.15) is 38.0 Å². The number of alkyl carbamates (subject to hydrolysis) is 1. The smallest absolute Gasteiger partial charge is 0.414 e. The molecule has 4 amide bonds. The number of benzene rings is 1. The van der Waals surface area contributed by atoms with Crippen LogP contribution in [0.25, 0.3) is 0 Å². The number of hydrogen-bond donors (Lipinski definition) is 2. The standard InChI is InChI=1S/C20H21N3O5S2/c1-2-28-20(27)22-17(25)15-7-10-30-18(15)21-16(24)13-3-5-14(6-4-13)19(26)23-8-11-29-12-9-23/h3-7,10H,2,8-9,11-12H2,1H3,(H,21,24)(H,22,25,27). The van der Waals surface area contributed by atoms with Crippen molar-refractivity contribution in [3.8, 4) is 0 Å². The average Bonchev–Trinajstić information content (AvgIpc) is 3.22. The van der Waals surface area contributed by atoms with Crippen molar-refractivity contribution < 1.29 is 23.9 Å². The summed E-state index contributed by atoms with van der Waals surface area (Å²) in [5.74, 6) is 0.734. The fourth-order valence-electron chi connectivity index (χ4n) is 2.80. The Hall–Kier alpha value is -2.85. The van der Waals surface area contributed by atoms with Gasteiger partial charge in [0.25, 0.3) is 17.7 Å². The molecule has 0 unspecified atom stereocenters. The molecule has 1 aromatic heterocycles. The molecule has 1 aliphatic rings. The van der Waals surface area contributed by atoms with Crippen LogP contribution in [0.2, 0.25) is 0 Å². The normalized spacial score (nSPS) is 13.4. The van der Waals surface area contributed by atoms with Gasteiger partial charge in [0.05, 0.1) is 12.2 Å². The van der Waals surface area contributed by atoms with E-state index in [1.54, 1.807) is 36.6 Å². The molecule has 0 saturated carbocycles. The van der Waals surface area contributed by atoms with Crippen LogP contribution >= 0.6 is 23.1 Å². The van der Waals surface area contributed by atoms with Gasteiger partial charge in [0, 0.05) is 35.7 Å². The van der Waals surface area contributed by atoms with E-state index in [0.29, 0.717) is 16.1 Å². The Kier molecular flexibility index (Phi) is 7.47. The largest absolute Gasteiger partial charge is 0.450 e. The lowest BCUT2D eigenvalue weighted by Crippen LogP contribution is -2.37. The number of hydrogen-bond acceptors (Lipinski definition) is 7. The van der Waals surface area contributed by atoms with Gasteiger partial charge in [0.1, 0.15) is 5.00 Å². The van der Waals surface area contributed by atoms with E-state index in [0.717, 1.165) is 35.9 Å². The SMILES string of the molecule is CCOC(=O)NC(=O)c1ccsc1NC(=O)c1ccc(C(=O)N2CCSCC2)cc1. The van der Waals surface area contributed by atoms with Crippen molar-refractivity contribution in [2.75, 3.05) is 36.5 Å². The van der Waals surface area contributed by atoms with Gasteiger partial charge in [-0.05, 0) is 42.6 Å². The minimum atomic E-state index is -0.849. The molecule has 0 bridgehead atoms. The second kappa shape index (κ2) is 10.3. The van der Waals surface area contributed by atoms with E-state index >= 15 is 0 Å². The zero-order chi connectivity index (χ0) is 21.5. The minimum absolute atomic E-state index is 0.0431. The Morgan fingerprint density at radius 3 is 2.33 bits per heavy atom. The van der Waals surface area contributed by atoms with Crippen LogP contribution in [-0.4, -0.2) is 59.9 Å². The molecule has 1 saturated heterocycles. The molecule has 8 nitrogen and oxygen atoms in total. The van der Waals surface area contributed by atoms with Crippen molar-refractivity contribution in [1.82, 2.24) is 10.2 Å². The molecule has 0 radical (unpaired) electrons. The van der Waals surface area contributed by atoms with Gasteiger partial charge in [0.2, 0.25) is 0 Å². The summed E-state index contributed by atoms with van der Waals surface area (Å²) in [5, 5.41) is 6.72. The number of imide groups is 1. The zero-order valence-electron chi connectivity index (χ0n) is 16.3. The van der Waals surface area contributed by atoms with Crippen molar-refractivity contribution in [2.24, 2.45) is 0 Å².